The summed E-state index contributed by atoms with van der Waals surface area (Å²) in [6.07, 6.45) is 0.571. The van der Waals surface area contributed by atoms with Gasteiger partial charge in [0, 0.05) is 22.7 Å². The summed E-state index contributed by atoms with van der Waals surface area (Å²) in [6.45, 7) is 0.641. The van der Waals surface area contributed by atoms with Crippen molar-refractivity contribution in [3.05, 3.63) is 58.1 Å². The quantitative estimate of drug-likeness (QED) is 0.693. The van der Waals surface area contributed by atoms with Gasteiger partial charge in [-0.25, -0.2) is 8.42 Å². The van der Waals surface area contributed by atoms with Crippen molar-refractivity contribution in [1.29, 1.82) is 0 Å². The highest BCUT2D eigenvalue weighted by Gasteiger charge is 2.32. The van der Waals surface area contributed by atoms with Crippen LogP contribution in [-0.4, -0.2) is 24.4 Å². The second kappa shape index (κ2) is 6.00. The first-order valence-electron chi connectivity index (χ1n) is 7.33. The van der Waals surface area contributed by atoms with Gasteiger partial charge in [0.25, 0.3) is 10.0 Å². The monoisotopic (exact) mass is 380 g/mol. The minimum Gasteiger partial charge on any atom is -0.356 e. The fourth-order valence-corrected chi connectivity index (χ4v) is 5.45. The number of thiophene rings is 1. The standard InChI is InChI=1S/C16H13ClN2O3S2/c17-12-5-3-11(4-6-12)16-13-7-8-19(10-14(13)18-22-16)24(20,21)15-2-1-9-23-15/h1-6,9H,7-8,10H2. The summed E-state index contributed by atoms with van der Waals surface area (Å²) < 4.78 is 32.6. The number of fused-ring (bicyclic) bond motifs is 1. The molecule has 8 heteroatoms. The zero-order valence-electron chi connectivity index (χ0n) is 12.5. The molecule has 3 heterocycles. The van der Waals surface area contributed by atoms with Crippen molar-refractivity contribution in [2.75, 3.05) is 6.54 Å². The summed E-state index contributed by atoms with van der Waals surface area (Å²) in [5.41, 5.74) is 2.53. The van der Waals surface area contributed by atoms with Crippen molar-refractivity contribution in [3.63, 3.8) is 0 Å². The van der Waals surface area contributed by atoms with Crippen LogP contribution >= 0.6 is 22.9 Å². The third-order valence-corrected chi connectivity index (χ3v) is 7.47. The van der Waals surface area contributed by atoms with E-state index in [0.717, 1.165) is 11.1 Å². The molecule has 0 aliphatic carbocycles. The van der Waals surface area contributed by atoms with Gasteiger partial charge in [0.05, 0.1) is 6.54 Å². The predicted octanol–water partition coefficient (Wildman–Crippen LogP) is 3.80. The van der Waals surface area contributed by atoms with E-state index in [-0.39, 0.29) is 6.54 Å². The van der Waals surface area contributed by atoms with E-state index in [4.69, 9.17) is 16.1 Å². The van der Waals surface area contributed by atoms with Gasteiger partial charge >= 0.3 is 0 Å². The van der Waals surface area contributed by atoms with Gasteiger partial charge in [-0.1, -0.05) is 22.8 Å². The second-order valence-corrected chi connectivity index (χ2v) is 9.01. The number of benzene rings is 1. The van der Waals surface area contributed by atoms with E-state index >= 15 is 0 Å². The molecule has 4 rings (SSSR count). The summed E-state index contributed by atoms with van der Waals surface area (Å²) >= 11 is 7.14. The highest BCUT2D eigenvalue weighted by molar-refractivity contribution is 7.91. The molecule has 0 N–H and O–H groups in total. The van der Waals surface area contributed by atoms with Crippen LogP contribution in [0.15, 0.2) is 50.5 Å². The van der Waals surface area contributed by atoms with Gasteiger partial charge < -0.3 is 4.52 Å². The molecule has 0 atom stereocenters. The minimum absolute atomic E-state index is 0.229. The Balaban J connectivity index is 1.65. The molecule has 1 aliphatic heterocycles. The molecule has 0 radical (unpaired) electrons. The van der Waals surface area contributed by atoms with E-state index in [1.807, 2.05) is 12.1 Å². The molecule has 124 valence electrons. The molecule has 0 fully saturated rings. The lowest BCUT2D eigenvalue weighted by molar-refractivity contribution is 0.371. The smallest absolute Gasteiger partial charge is 0.252 e. The number of hydrogen-bond donors (Lipinski definition) is 0. The van der Waals surface area contributed by atoms with Crippen LogP contribution < -0.4 is 0 Å². The molecule has 3 aromatic rings. The Morgan fingerprint density at radius 3 is 2.71 bits per heavy atom. The molecule has 1 aromatic carbocycles. The number of rotatable bonds is 3. The van der Waals surface area contributed by atoms with E-state index in [9.17, 15) is 8.42 Å². The van der Waals surface area contributed by atoms with E-state index < -0.39 is 10.0 Å². The molecular weight excluding hydrogens is 368 g/mol. The van der Waals surface area contributed by atoms with Crippen molar-refractivity contribution in [3.8, 4) is 11.3 Å². The molecule has 0 bridgehead atoms. The number of aromatic nitrogens is 1. The molecule has 0 unspecified atom stereocenters. The molecular formula is C16H13ClN2O3S2. The van der Waals surface area contributed by atoms with Gasteiger partial charge in [-0.2, -0.15) is 4.31 Å². The van der Waals surface area contributed by atoms with Crippen molar-refractivity contribution in [1.82, 2.24) is 9.46 Å². The lowest BCUT2D eigenvalue weighted by Gasteiger charge is -2.24. The zero-order chi connectivity index (χ0) is 16.7. The van der Waals surface area contributed by atoms with Crippen LogP contribution in [0, 0.1) is 0 Å². The van der Waals surface area contributed by atoms with Crippen molar-refractivity contribution < 1.29 is 12.9 Å². The third kappa shape index (κ3) is 2.67. The number of halogens is 1. The first-order valence-corrected chi connectivity index (χ1v) is 10.0. The van der Waals surface area contributed by atoms with E-state index in [1.165, 1.54) is 15.6 Å². The Hall–Kier alpha value is -1.67. The molecule has 0 amide bonds. The Morgan fingerprint density at radius 2 is 2.00 bits per heavy atom. The fourth-order valence-electron chi connectivity index (χ4n) is 2.78. The molecule has 0 spiro atoms. The summed E-state index contributed by atoms with van der Waals surface area (Å²) in [7, 11) is -3.47. The van der Waals surface area contributed by atoms with Crippen molar-refractivity contribution in [2.24, 2.45) is 0 Å². The highest BCUT2D eigenvalue weighted by atomic mass is 35.5. The number of sulfonamides is 1. The van der Waals surface area contributed by atoms with E-state index in [2.05, 4.69) is 5.16 Å². The van der Waals surface area contributed by atoms with Gasteiger partial charge in [-0.05, 0) is 42.1 Å². The van der Waals surface area contributed by atoms with Crippen molar-refractivity contribution >= 4 is 33.0 Å². The Morgan fingerprint density at radius 1 is 1.21 bits per heavy atom. The zero-order valence-corrected chi connectivity index (χ0v) is 14.9. The van der Waals surface area contributed by atoms with Crippen LogP contribution in [0.1, 0.15) is 11.3 Å². The van der Waals surface area contributed by atoms with Gasteiger partial charge in [-0.3, -0.25) is 0 Å². The highest BCUT2D eigenvalue weighted by Crippen LogP contribution is 2.33. The minimum atomic E-state index is -3.47. The van der Waals surface area contributed by atoms with Crippen LogP contribution in [0.25, 0.3) is 11.3 Å². The number of hydrogen-bond acceptors (Lipinski definition) is 5. The fraction of sp³-hybridized carbons (Fsp3) is 0.188. The lowest BCUT2D eigenvalue weighted by atomic mass is 10.0. The molecule has 0 saturated carbocycles. The molecule has 1 aliphatic rings. The van der Waals surface area contributed by atoms with Crippen LogP contribution in [0.5, 0.6) is 0 Å². The van der Waals surface area contributed by atoms with Gasteiger partial charge in [0.15, 0.2) is 5.76 Å². The van der Waals surface area contributed by atoms with Gasteiger partial charge in [0.1, 0.15) is 9.90 Å². The summed E-state index contributed by atoms with van der Waals surface area (Å²) in [5, 5.41) is 6.50. The van der Waals surface area contributed by atoms with Crippen LogP contribution in [0.4, 0.5) is 0 Å². The predicted molar refractivity (Wildman–Crippen MR) is 92.6 cm³/mol. The first kappa shape index (κ1) is 15.8. The molecule has 24 heavy (non-hydrogen) atoms. The maximum Gasteiger partial charge on any atom is 0.252 e. The maximum atomic E-state index is 12.6. The van der Waals surface area contributed by atoms with Crippen LogP contribution in [0.2, 0.25) is 5.02 Å². The molecule has 0 saturated heterocycles. The normalized spacial score (nSPS) is 15.4. The summed E-state index contributed by atoms with van der Waals surface area (Å²) in [4.78, 5) is 0. The summed E-state index contributed by atoms with van der Waals surface area (Å²) in [5.74, 6) is 0.690. The van der Waals surface area contributed by atoms with E-state index in [0.29, 0.717) is 33.7 Å². The Bertz CT molecular complexity index is 963. The Kier molecular flexibility index (Phi) is 3.96. The third-order valence-electron chi connectivity index (χ3n) is 4.00. The SMILES string of the molecule is O=S(=O)(c1cccs1)N1CCc2c(noc2-c2ccc(Cl)cc2)C1. The largest absolute Gasteiger partial charge is 0.356 e. The van der Waals surface area contributed by atoms with Crippen molar-refractivity contribution in [2.45, 2.75) is 17.2 Å². The number of nitrogens with zero attached hydrogens (tertiary/aromatic N) is 2. The van der Waals surface area contributed by atoms with Gasteiger partial charge in [-0.15, -0.1) is 11.3 Å². The summed E-state index contributed by atoms with van der Waals surface area (Å²) in [6, 6.07) is 10.7. The molecule has 2 aromatic heterocycles. The average molecular weight is 381 g/mol. The van der Waals surface area contributed by atoms with Crippen LogP contribution in [0.3, 0.4) is 0 Å². The lowest BCUT2D eigenvalue weighted by Crippen LogP contribution is -2.35. The average Bonchev–Trinajstić information content (AvgIpc) is 3.25. The topological polar surface area (TPSA) is 63.4 Å². The van der Waals surface area contributed by atoms with Crippen LogP contribution in [-0.2, 0) is 23.0 Å². The molecule has 5 nitrogen and oxygen atoms in total. The Labute approximate surface area is 148 Å². The first-order chi connectivity index (χ1) is 11.6. The second-order valence-electron chi connectivity index (χ2n) is 5.46. The van der Waals surface area contributed by atoms with E-state index in [1.54, 1.807) is 29.6 Å². The maximum absolute atomic E-state index is 12.6. The van der Waals surface area contributed by atoms with Gasteiger partial charge in [0.2, 0.25) is 0 Å².